The van der Waals surface area contributed by atoms with E-state index >= 15 is 0 Å². The summed E-state index contributed by atoms with van der Waals surface area (Å²) in [5, 5.41) is 38.1. The minimum Gasteiger partial charge on any atom is -0.854 e. The summed E-state index contributed by atoms with van der Waals surface area (Å²) in [4.78, 5) is 0. The maximum Gasteiger partial charge on any atom is 4.00 e. The molecule has 0 bridgehead atoms. The molecule has 21 heavy (non-hydrogen) atoms. The zero-order chi connectivity index (χ0) is 16.5. The van der Waals surface area contributed by atoms with Gasteiger partial charge in [0.05, 0.1) is 0 Å². The van der Waals surface area contributed by atoms with Gasteiger partial charge in [0.25, 0.3) is 0 Å². The predicted molar refractivity (Wildman–Crippen MR) is 84.9 cm³/mol. The van der Waals surface area contributed by atoms with E-state index in [1.165, 1.54) is 0 Å². The largest absolute Gasteiger partial charge is 4.00 e. The van der Waals surface area contributed by atoms with E-state index in [4.69, 9.17) is 0 Å². The Morgan fingerprint density at radius 3 is 0.571 bits per heavy atom. The molecule has 0 aromatic carbocycles. The van der Waals surface area contributed by atoms with E-state index in [1.54, 1.807) is 0 Å². The Hall–Kier alpha value is 0.0569. The van der Waals surface area contributed by atoms with E-state index < -0.39 is 0 Å². The molecule has 0 saturated carbocycles. The number of unbranched alkanes of at least 4 members (excludes halogenated alkanes) is 4. The van der Waals surface area contributed by atoms with Crippen LogP contribution in [0.15, 0.2) is 0 Å². The van der Waals surface area contributed by atoms with E-state index in [0.29, 0.717) is 0 Å². The number of hydrogen-bond acceptors (Lipinski definition) is 4. The van der Waals surface area contributed by atoms with Gasteiger partial charge >= 0.3 is 11.0 Å². The van der Waals surface area contributed by atoms with Crippen molar-refractivity contribution in [3.8, 4) is 0 Å². The van der Waals surface area contributed by atoms with Crippen LogP contribution in [0, 0.1) is 0 Å². The molecule has 0 aliphatic rings. The molecule has 128 valence electrons. The molecular formula is C16H36O4Si. The summed E-state index contributed by atoms with van der Waals surface area (Å²) in [7, 11) is 0. The van der Waals surface area contributed by atoms with Gasteiger partial charge in [-0.25, -0.2) is 0 Å². The summed E-state index contributed by atoms with van der Waals surface area (Å²) < 4.78 is 0. The van der Waals surface area contributed by atoms with E-state index in [1.807, 2.05) is 27.7 Å². The molecule has 4 nitrogen and oxygen atoms in total. The van der Waals surface area contributed by atoms with Crippen LogP contribution in [0.4, 0.5) is 0 Å². The van der Waals surface area contributed by atoms with Crippen molar-refractivity contribution in [3.05, 3.63) is 0 Å². The summed E-state index contributed by atoms with van der Waals surface area (Å²) in [6.07, 6.45) is 7.46. The molecule has 0 aromatic rings. The smallest absolute Gasteiger partial charge is 0.854 e. The van der Waals surface area contributed by atoms with Crippen LogP contribution in [0.25, 0.3) is 0 Å². The first-order chi connectivity index (χ1) is 9.66. The van der Waals surface area contributed by atoms with Crippen LogP contribution in [-0.4, -0.2) is 37.4 Å². The zero-order valence-electron chi connectivity index (χ0n) is 14.6. The van der Waals surface area contributed by atoms with Crippen LogP contribution >= 0.6 is 0 Å². The van der Waals surface area contributed by atoms with Gasteiger partial charge in [0, 0.05) is 0 Å². The van der Waals surface area contributed by atoms with Gasteiger partial charge in [-0.3, -0.25) is 0 Å². The molecule has 0 fully saturated rings. The summed E-state index contributed by atoms with van der Waals surface area (Å²) in [6, 6.07) is 0. The fourth-order valence-electron chi connectivity index (χ4n) is 0.577. The Balaban J connectivity index is -0.0000000533. The second-order valence-electron chi connectivity index (χ2n) is 4.23. The van der Waals surface area contributed by atoms with Crippen molar-refractivity contribution in [1.29, 1.82) is 0 Å². The van der Waals surface area contributed by atoms with Gasteiger partial charge in [-0.1, -0.05) is 79.1 Å². The third-order valence-electron chi connectivity index (χ3n) is 1.99. The van der Waals surface area contributed by atoms with Gasteiger partial charge in [0.15, 0.2) is 0 Å². The summed E-state index contributed by atoms with van der Waals surface area (Å²) in [6.45, 7) is 8.42. The molecule has 0 aromatic heterocycles. The predicted octanol–water partition coefficient (Wildman–Crippen LogP) is 0.206. The average Bonchev–Trinajstić information content (AvgIpc) is 2.44. The molecular weight excluding hydrogens is 284 g/mol. The zero-order valence-corrected chi connectivity index (χ0v) is 15.6. The normalized spacial score (nSPS) is 8.00. The number of hydrogen-bond donors (Lipinski definition) is 0. The van der Waals surface area contributed by atoms with Gasteiger partial charge in [0.1, 0.15) is 0 Å². The molecule has 0 saturated heterocycles. The molecule has 0 N–H and O–H groups in total. The van der Waals surface area contributed by atoms with Crippen molar-refractivity contribution >= 4 is 11.0 Å². The van der Waals surface area contributed by atoms with Crippen molar-refractivity contribution in [3.63, 3.8) is 0 Å². The molecule has 0 spiro atoms. The maximum absolute atomic E-state index is 9.53. The van der Waals surface area contributed by atoms with Crippen LogP contribution in [0.5, 0.6) is 0 Å². The summed E-state index contributed by atoms with van der Waals surface area (Å²) in [5.74, 6) is 0. The molecule has 0 aliphatic heterocycles. The Kier molecular flexibility index (Phi) is 78.4. The van der Waals surface area contributed by atoms with E-state index in [9.17, 15) is 20.4 Å². The molecule has 0 amide bonds. The van der Waals surface area contributed by atoms with Gasteiger partial charge in [-0.15, -0.1) is 26.4 Å². The first-order valence-electron chi connectivity index (χ1n) is 7.98. The van der Waals surface area contributed by atoms with Gasteiger partial charge in [-0.2, -0.15) is 0 Å². The molecule has 0 radical (unpaired) electrons. The molecule has 0 aliphatic carbocycles. The topological polar surface area (TPSA) is 92.2 Å². The minimum atomic E-state index is 0. The summed E-state index contributed by atoms with van der Waals surface area (Å²) in [5.41, 5.74) is 0. The van der Waals surface area contributed by atoms with Crippen molar-refractivity contribution in [1.82, 2.24) is 0 Å². The Morgan fingerprint density at radius 1 is 0.429 bits per heavy atom. The van der Waals surface area contributed by atoms with Crippen LogP contribution in [-0.2, 0) is 0 Å². The molecule has 0 rings (SSSR count). The van der Waals surface area contributed by atoms with Crippen LogP contribution in [0.1, 0.15) is 79.1 Å². The fourth-order valence-corrected chi connectivity index (χ4v) is 0.577. The van der Waals surface area contributed by atoms with Crippen LogP contribution in [0.3, 0.4) is 0 Å². The Morgan fingerprint density at radius 2 is 0.571 bits per heavy atom. The first kappa shape index (κ1) is 32.9. The molecule has 0 heterocycles. The quantitative estimate of drug-likeness (QED) is 0.597. The van der Waals surface area contributed by atoms with E-state index in [0.717, 1.165) is 51.4 Å². The first-order valence-corrected chi connectivity index (χ1v) is 7.98. The monoisotopic (exact) mass is 320 g/mol. The SMILES string of the molecule is CCCC[O-].CCCC[O-].CCCC[O-].CCCC[O-].[Si+4]. The Labute approximate surface area is 137 Å². The van der Waals surface area contributed by atoms with Crippen molar-refractivity contribution in [2.75, 3.05) is 26.4 Å². The Bertz CT molecular complexity index is 74.3. The van der Waals surface area contributed by atoms with Crippen molar-refractivity contribution in [2.24, 2.45) is 0 Å². The molecule has 0 unspecified atom stereocenters. The fraction of sp³-hybridized carbons (Fsp3) is 1.00. The third kappa shape index (κ3) is 101. The second kappa shape index (κ2) is 50.1. The maximum atomic E-state index is 9.53. The van der Waals surface area contributed by atoms with Gasteiger partial charge < -0.3 is 20.4 Å². The number of rotatable bonds is 8. The van der Waals surface area contributed by atoms with Gasteiger partial charge in [0.2, 0.25) is 0 Å². The second-order valence-corrected chi connectivity index (χ2v) is 4.23. The van der Waals surface area contributed by atoms with Crippen molar-refractivity contribution in [2.45, 2.75) is 79.1 Å². The molecule has 5 heteroatoms. The third-order valence-corrected chi connectivity index (χ3v) is 1.99. The van der Waals surface area contributed by atoms with Crippen LogP contribution < -0.4 is 20.4 Å². The average molecular weight is 321 g/mol. The van der Waals surface area contributed by atoms with E-state index in [2.05, 4.69) is 0 Å². The van der Waals surface area contributed by atoms with Gasteiger partial charge in [-0.05, 0) is 0 Å². The molecule has 0 atom stereocenters. The summed E-state index contributed by atoms with van der Waals surface area (Å²) >= 11 is 0. The minimum absolute atomic E-state index is 0. The van der Waals surface area contributed by atoms with E-state index in [-0.39, 0.29) is 37.4 Å². The van der Waals surface area contributed by atoms with Crippen LogP contribution in [0.2, 0.25) is 0 Å². The van der Waals surface area contributed by atoms with Crippen molar-refractivity contribution < 1.29 is 20.4 Å². The standard InChI is InChI=1S/4C4H9O.Si/c4*1-2-3-4-5;/h4*2-4H2,1H3;/q4*-1;+4.